The Morgan fingerprint density at radius 2 is 2.21 bits per heavy atom. The summed E-state index contributed by atoms with van der Waals surface area (Å²) in [5.41, 5.74) is 3.50. The molecule has 0 aliphatic rings. The maximum absolute atomic E-state index is 4.27. The minimum Gasteiger partial charge on any atom is -0.320 e. The Bertz CT molecular complexity index is 504. The molecule has 0 saturated carbocycles. The Labute approximate surface area is 90.5 Å². The normalized spacial score (nSPS) is 12.4. The maximum Gasteiger partial charge on any atom is 0.184 e. The lowest BCUT2D eigenvalue weighted by atomic mass is 10.2. The van der Waals surface area contributed by atoms with Gasteiger partial charge in [-0.15, -0.1) is 11.3 Å². The number of hydrogen-bond donors (Lipinski definition) is 0. The third-order valence-electron chi connectivity index (χ3n) is 2.14. The zero-order valence-electron chi connectivity index (χ0n) is 8.31. The minimum atomic E-state index is 1.03. The second-order valence-electron chi connectivity index (χ2n) is 3.00. The third-order valence-corrected chi connectivity index (χ3v) is 3.87. The molecule has 2 heterocycles. The summed E-state index contributed by atoms with van der Waals surface area (Å²) >= 11 is 3.15. The van der Waals surface area contributed by atoms with Crippen molar-refractivity contribution in [1.82, 2.24) is 8.94 Å². The molecule has 0 N–H and O–H groups in total. The number of rotatable bonds is 1. The molecule has 74 valence electrons. The van der Waals surface area contributed by atoms with Gasteiger partial charge >= 0.3 is 0 Å². The van der Waals surface area contributed by atoms with Crippen LogP contribution in [0.4, 0.5) is 0 Å². The molecule has 0 aliphatic heterocycles. The molecule has 0 spiro atoms. The fourth-order valence-corrected chi connectivity index (χ4v) is 2.92. The van der Waals surface area contributed by atoms with E-state index in [9.17, 15) is 0 Å². The van der Waals surface area contributed by atoms with Crippen LogP contribution in [-0.4, -0.2) is 16.0 Å². The van der Waals surface area contributed by atoms with Crippen LogP contribution in [-0.2, 0) is 7.05 Å². The molecule has 0 aromatic carbocycles. The van der Waals surface area contributed by atoms with Crippen LogP contribution in [0.5, 0.6) is 0 Å². The molecular formula is C9H11N3S2. The predicted octanol–water partition coefficient (Wildman–Crippen LogP) is 2.05. The third kappa shape index (κ3) is 1.42. The molecule has 0 atom stereocenters. The average molecular weight is 225 g/mol. The maximum atomic E-state index is 4.27. The Hall–Kier alpha value is -0.940. The predicted molar refractivity (Wildman–Crippen MR) is 60.6 cm³/mol. The van der Waals surface area contributed by atoms with Gasteiger partial charge < -0.3 is 4.57 Å². The van der Waals surface area contributed by atoms with Crippen LogP contribution < -0.4 is 4.80 Å². The van der Waals surface area contributed by atoms with E-state index in [2.05, 4.69) is 24.7 Å². The van der Waals surface area contributed by atoms with Crippen LogP contribution in [0.15, 0.2) is 15.8 Å². The van der Waals surface area contributed by atoms with Gasteiger partial charge in [-0.05, 0) is 18.5 Å². The first-order valence-corrected chi connectivity index (χ1v) is 5.94. The van der Waals surface area contributed by atoms with Crippen molar-refractivity contribution in [3.8, 4) is 11.3 Å². The van der Waals surface area contributed by atoms with E-state index >= 15 is 0 Å². The summed E-state index contributed by atoms with van der Waals surface area (Å²) in [6.07, 6.45) is 0. The van der Waals surface area contributed by atoms with E-state index in [4.69, 9.17) is 0 Å². The molecule has 2 aromatic rings. The second kappa shape index (κ2) is 3.67. The van der Waals surface area contributed by atoms with E-state index in [0.717, 1.165) is 10.5 Å². The van der Waals surface area contributed by atoms with Gasteiger partial charge in [0.2, 0.25) is 0 Å². The van der Waals surface area contributed by atoms with E-state index < -0.39 is 0 Å². The lowest BCUT2D eigenvalue weighted by molar-refractivity contribution is 0.875. The average Bonchev–Trinajstić information content (AvgIpc) is 2.72. The lowest BCUT2D eigenvalue weighted by Gasteiger charge is -1.99. The molecule has 0 fully saturated rings. The lowest BCUT2D eigenvalue weighted by Crippen LogP contribution is -2.10. The van der Waals surface area contributed by atoms with E-state index in [-0.39, 0.29) is 0 Å². The van der Waals surface area contributed by atoms with Gasteiger partial charge in [-0.1, -0.05) is 0 Å². The highest BCUT2D eigenvalue weighted by atomic mass is 32.1. The Morgan fingerprint density at radius 3 is 2.71 bits per heavy atom. The molecule has 2 aromatic heterocycles. The van der Waals surface area contributed by atoms with Gasteiger partial charge in [-0.2, -0.15) is 4.37 Å². The summed E-state index contributed by atoms with van der Waals surface area (Å²) in [5, 5.41) is 4.20. The summed E-state index contributed by atoms with van der Waals surface area (Å²) in [6, 6.07) is 0. The molecule has 0 saturated heterocycles. The molecule has 2 rings (SSSR count). The van der Waals surface area contributed by atoms with E-state index in [1.165, 1.54) is 22.8 Å². The van der Waals surface area contributed by atoms with Gasteiger partial charge in [-0.25, -0.2) is 0 Å². The van der Waals surface area contributed by atoms with E-state index in [1.54, 1.807) is 11.3 Å². The van der Waals surface area contributed by atoms with E-state index in [0.29, 0.717) is 0 Å². The van der Waals surface area contributed by atoms with Crippen LogP contribution >= 0.6 is 22.9 Å². The summed E-state index contributed by atoms with van der Waals surface area (Å²) in [6.45, 7) is 2.03. The zero-order valence-corrected chi connectivity index (χ0v) is 9.95. The number of aryl methyl sites for hydroxylation is 1. The first-order valence-electron chi connectivity index (χ1n) is 4.22. The monoisotopic (exact) mass is 225 g/mol. The highest BCUT2D eigenvalue weighted by Gasteiger charge is 2.08. The van der Waals surface area contributed by atoms with Crippen LogP contribution in [0.1, 0.15) is 5.69 Å². The summed E-state index contributed by atoms with van der Waals surface area (Å²) < 4.78 is 6.37. The van der Waals surface area contributed by atoms with Crippen LogP contribution in [0, 0.1) is 6.92 Å². The molecule has 0 aliphatic carbocycles. The molecule has 3 nitrogen and oxygen atoms in total. The van der Waals surface area contributed by atoms with Gasteiger partial charge in [0.1, 0.15) is 0 Å². The molecular weight excluding hydrogens is 214 g/mol. The van der Waals surface area contributed by atoms with Crippen molar-refractivity contribution in [1.29, 1.82) is 0 Å². The SMILES string of the molecule is CN=c1scc(-c2csnc2C)n1C. The topological polar surface area (TPSA) is 30.2 Å². The largest absolute Gasteiger partial charge is 0.320 e. The van der Waals surface area contributed by atoms with Gasteiger partial charge in [0.15, 0.2) is 4.80 Å². The quantitative estimate of drug-likeness (QED) is 0.730. The molecule has 5 heteroatoms. The number of hydrogen-bond acceptors (Lipinski definition) is 4. The zero-order chi connectivity index (χ0) is 10.1. The van der Waals surface area contributed by atoms with Crippen molar-refractivity contribution in [3.05, 3.63) is 21.3 Å². The molecule has 0 radical (unpaired) electrons. The van der Waals surface area contributed by atoms with Crippen molar-refractivity contribution < 1.29 is 0 Å². The number of aromatic nitrogens is 2. The summed E-state index contributed by atoms with van der Waals surface area (Å²) in [4.78, 5) is 5.23. The number of thiazole rings is 1. The van der Waals surface area contributed by atoms with E-state index in [1.807, 2.05) is 21.0 Å². The van der Waals surface area contributed by atoms with Gasteiger partial charge in [0, 0.05) is 30.4 Å². The van der Waals surface area contributed by atoms with Crippen LogP contribution in [0.25, 0.3) is 11.3 Å². The first kappa shape index (κ1) is 9.61. The minimum absolute atomic E-state index is 1.03. The fourth-order valence-electron chi connectivity index (χ4n) is 1.35. The van der Waals surface area contributed by atoms with Crippen molar-refractivity contribution in [2.75, 3.05) is 7.05 Å². The van der Waals surface area contributed by atoms with Crippen LogP contribution in [0.2, 0.25) is 0 Å². The first-order chi connectivity index (χ1) is 6.74. The van der Waals surface area contributed by atoms with Gasteiger partial charge in [0.25, 0.3) is 0 Å². The molecule has 0 unspecified atom stereocenters. The highest BCUT2D eigenvalue weighted by molar-refractivity contribution is 7.07. The Kier molecular flexibility index (Phi) is 2.52. The summed E-state index contributed by atoms with van der Waals surface area (Å²) in [7, 11) is 3.85. The van der Waals surface area contributed by atoms with Crippen LogP contribution in [0.3, 0.4) is 0 Å². The molecule has 0 bridgehead atoms. The van der Waals surface area contributed by atoms with Gasteiger partial charge in [0.05, 0.1) is 11.4 Å². The highest BCUT2D eigenvalue weighted by Crippen LogP contribution is 2.23. The van der Waals surface area contributed by atoms with Crippen molar-refractivity contribution >= 4 is 22.9 Å². The molecule has 0 amide bonds. The standard InChI is InChI=1S/C9H11N3S2/c1-6-7(4-14-11-6)8-5-13-9(10-2)12(8)3/h4-5H,1-3H3. The van der Waals surface area contributed by atoms with Crippen molar-refractivity contribution in [2.45, 2.75) is 6.92 Å². The van der Waals surface area contributed by atoms with Gasteiger partial charge in [-0.3, -0.25) is 4.99 Å². The van der Waals surface area contributed by atoms with Crippen molar-refractivity contribution in [3.63, 3.8) is 0 Å². The second-order valence-corrected chi connectivity index (χ2v) is 4.47. The molecule has 14 heavy (non-hydrogen) atoms. The Morgan fingerprint density at radius 1 is 1.43 bits per heavy atom. The van der Waals surface area contributed by atoms with Crippen molar-refractivity contribution in [2.24, 2.45) is 12.0 Å². The number of nitrogens with zero attached hydrogens (tertiary/aromatic N) is 3. The fraction of sp³-hybridized carbons (Fsp3) is 0.333. The summed E-state index contributed by atoms with van der Waals surface area (Å²) in [5.74, 6) is 0. The smallest absolute Gasteiger partial charge is 0.184 e. The Balaban J connectivity index is 2.64.